The molecule has 0 bridgehead atoms. The Kier molecular flexibility index (Phi) is 5.28. The second kappa shape index (κ2) is 7.63. The molecule has 0 aromatic heterocycles. The average Bonchev–Trinajstić information content (AvgIpc) is 2.65. The van der Waals surface area contributed by atoms with Crippen LogP contribution < -0.4 is 0 Å². The summed E-state index contributed by atoms with van der Waals surface area (Å²) in [5, 5.41) is 0. The lowest BCUT2D eigenvalue weighted by Gasteiger charge is -2.12. The van der Waals surface area contributed by atoms with Crippen LogP contribution >= 0.6 is 0 Å². The van der Waals surface area contributed by atoms with Gasteiger partial charge in [-0.3, -0.25) is 4.79 Å². The van der Waals surface area contributed by atoms with E-state index in [1.165, 1.54) is 24.3 Å². The molecule has 0 atom stereocenters. The van der Waals surface area contributed by atoms with E-state index in [9.17, 15) is 13.2 Å². The summed E-state index contributed by atoms with van der Waals surface area (Å²) in [5.74, 6) is -0.0386. The molecule has 0 saturated carbocycles. The fourth-order valence-electron chi connectivity index (χ4n) is 2.68. The van der Waals surface area contributed by atoms with Gasteiger partial charge in [0.1, 0.15) is 0 Å². The molecule has 0 unspecified atom stereocenters. The van der Waals surface area contributed by atoms with Crippen molar-refractivity contribution in [2.24, 2.45) is 9.39 Å². The van der Waals surface area contributed by atoms with Crippen LogP contribution in [0.25, 0.3) is 0 Å². The molecule has 0 aliphatic heterocycles. The van der Waals surface area contributed by atoms with Gasteiger partial charge in [-0.15, -0.1) is 4.40 Å². The molecule has 1 aliphatic rings. The molecule has 0 spiro atoms. The molecule has 6 heteroatoms. The van der Waals surface area contributed by atoms with E-state index in [1.807, 2.05) is 6.07 Å². The minimum absolute atomic E-state index is 0.0734. The summed E-state index contributed by atoms with van der Waals surface area (Å²) in [6.45, 7) is 3.53. The highest BCUT2D eigenvalue weighted by atomic mass is 32.2. The summed E-state index contributed by atoms with van der Waals surface area (Å²) in [4.78, 5) is 16.3. The normalized spacial score (nSPS) is 15.3. The molecule has 2 aromatic rings. The fourth-order valence-corrected chi connectivity index (χ4v) is 3.66. The summed E-state index contributed by atoms with van der Waals surface area (Å²) in [6.07, 6.45) is 2.94. The lowest BCUT2D eigenvalue weighted by molar-refractivity contribution is -0.110. The van der Waals surface area contributed by atoms with Crippen molar-refractivity contribution in [3.05, 3.63) is 89.5 Å². The number of allylic oxidation sites excluding steroid dienone is 4. The monoisotopic (exact) mass is 378 g/mol. The Morgan fingerprint density at radius 2 is 1.33 bits per heavy atom. The quantitative estimate of drug-likeness (QED) is 0.464. The minimum atomic E-state index is -3.93. The average molecular weight is 378 g/mol. The lowest BCUT2D eigenvalue weighted by Crippen LogP contribution is -2.14. The smallest absolute Gasteiger partial charge is 0.284 e. The summed E-state index contributed by atoms with van der Waals surface area (Å²) < 4.78 is 29.5. The van der Waals surface area contributed by atoms with E-state index in [2.05, 4.69) is 9.39 Å². The number of sulfonamides is 1. The molecule has 0 heterocycles. The van der Waals surface area contributed by atoms with Crippen LogP contribution in [0.3, 0.4) is 0 Å². The maximum atomic E-state index is 12.7. The molecule has 136 valence electrons. The van der Waals surface area contributed by atoms with E-state index in [0.717, 1.165) is 0 Å². The van der Waals surface area contributed by atoms with Crippen LogP contribution in [0, 0.1) is 0 Å². The van der Waals surface area contributed by atoms with Gasteiger partial charge in [-0.1, -0.05) is 48.5 Å². The Balaban J connectivity index is 2.17. The van der Waals surface area contributed by atoms with Crippen LogP contribution in [0.15, 0.2) is 98.2 Å². The van der Waals surface area contributed by atoms with Crippen molar-refractivity contribution in [1.82, 2.24) is 0 Å². The zero-order chi connectivity index (χ0) is 19.4. The number of ketones is 1. The molecule has 2 aromatic carbocycles. The molecule has 0 radical (unpaired) electrons. The van der Waals surface area contributed by atoms with Crippen LogP contribution in [0.1, 0.15) is 19.4 Å². The van der Waals surface area contributed by atoms with Crippen molar-refractivity contribution in [1.29, 1.82) is 0 Å². The van der Waals surface area contributed by atoms with Gasteiger partial charge in [0.15, 0.2) is 11.6 Å². The van der Waals surface area contributed by atoms with Crippen molar-refractivity contribution in [2.45, 2.75) is 18.7 Å². The zero-order valence-corrected chi connectivity index (χ0v) is 15.8. The molecule has 1 aliphatic carbocycles. The summed E-state index contributed by atoms with van der Waals surface area (Å²) in [5.41, 5.74) is 2.45. The van der Waals surface area contributed by atoms with Crippen molar-refractivity contribution in [3.8, 4) is 0 Å². The first kappa shape index (κ1) is 18.7. The van der Waals surface area contributed by atoms with Crippen LogP contribution in [0.5, 0.6) is 0 Å². The molecule has 5 nitrogen and oxygen atoms in total. The third kappa shape index (κ3) is 4.35. The highest BCUT2D eigenvalue weighted by Crippen LogP contribution is 2.18. The van der Waals surface area contributed by atoms with Crippen molar-refractivity contribution < 1.29 is 13.2 Å². The SMILES string of the molecule is CC1=CC(=O)C=C(C)C1=NC(=NS(=O)(=O)c1ccccc1)c1ccccc1. The number of benzene rings is 2. The number of carbonyl (C=O) groups is 1. The molecule has 27 heavy (non-hydrogen) atoms. The number of nitrogens with zero attached hydrogens (tertiary/aromatic N) is 2. The van der Waals surface area contributed by atoms with Gasteiger partial charge in [0.05, 0.1) is 10.6 Å². The number of aliphatic imine (C=N–C) groups is 1. The molecular weight excluding hydrogens is 360 g/mol. The second-order valence-corrected chi connectivity index (χ2v) is 7.69. The number of hydrogen-bond acceptors (Lipinski definition) is 3. The molecule has 0 N–H and O–H groups in total. The van der Waals surface area contributed by atoms with Crippen molar-refractivity contribution >= 4 is 27.4 Å². The third-order valence-electron chi connectivity index (χ3n) is 3.96. The van der Waals surface area contributed by atoms with E-state index in [4.69, 9.17) is 0 Å². The summed E-state index contributed by atoms with van der Waals surface area (Å²) >= 11 is 0. The molecule has 3 rings (SSSR count). The Hall–Kier alpha value is -3.12. The van der Waals surface area contributed by atoms with Gasteiger partial charge in [-0.25, -0.2) is 4.99 Å². The zero-order valence-electron chi connectivity index (χ0n) is 15.0. The van der Waals surface area contributed by atoms with Gasteiger partial charge < -0.3 is 0 Å². The van der Waals surface area contributed by atoms with E-state index >= 15 is 0 Å². The van der Waals surface area contributed by atoms with E-state index in [-0.39, 0.29) is 16.5 Å². The van der Waals surface area contributed by atoms with Gasteiger partial charge in [-0.05, 0) is 49.3 Å². The van der Waals surface area contributed by atoms with E-state index in [1.54, 1.807) is 56.3 Å². The largest absolute Gasteiger partial charge is 0.290 e. The standard InChI is InChI=1S/C21H18N2O3S/c1-15-13-18(24)14-16(2)20(15)22-21(17-9-5-3-6-10-17)23-27(25,26)19-11-7-4-8-12-19/h3-14H,1-2H3. The predicted molar refractivity (Wildman–Crippen MR) is 107 cm³/mol. The van der Waals surface area contributed by atoms with Crippen LogP contribution in [-0.4, -0.2) is 25.7 Å². The topological polar surface area (TPSA) is 75.9 Å². The van der Waals surface area contributed by atoms with Gasteiger partial charge in [0, 0.05) is 5.56 Å². The van der Waals surface area contributed by atoms with Gasteiger partial charge in [-0.2, -0.15) is 8.42 Å². The highest BCUT2D eigenvalue weighted by molar-refractivity contribution is 7.90. The van der Waals surface area contributed by atoms with Crippen molar-refractivity contribution in [2.75, 3.05) is 0 Å². The fraction of sp³-hybridized carbons (Fsp3) is 0.0952. The Morgan fingerprint density at radius 3 is 1.89 bits per heavy atom. The number of rotatable bonds is 3. The first-order chi connectivity index (χ1) is 12.9. The first-order valence-electron chi connectivity index (χ1n) is 8.32. The first-order valence-corrected chi connectivity index (χ1v) is 9.76. The van der Waals surface area contributed by atoms with Gasteiger partial charge >= 0.3 is 0 Å². The number of amidine groups is 1. The maximum Gasteiger partial charge on any atom is 0.284 e. The highest BCUT2D eigenvalue weighted by Gasteiger charge is 2.18. The maximum absolute atomic E-state index is 12.7. The minimum Gasteiger partial charge on any atom is -0.290 e. The van der Waals surface area contributed by atoms with Gasteiger partial charge in [0.2, 0.25) is 0 Å². The van der Waals surface area contributed by atoms with Crippen molar-refractivity contribution in [3.63, 3.8) is 0 Å². The number of carbonyl (C=O) groups excluding carboxylic acids is 1. The molecule has 0 fully saturated rings. The van der Waals surface area contributed by atoms with Crippen LogP contribution in [0.2, 0.25) is 0 Å². The van der Waals surface area contributed by atoms with E-state index < -0.39 is 10.0 Å². The Morgan fingerprint density at radius 1 is 0.815 bits per heavy atom. The van der Waals surface area contributed by atoms with E-state index in [0.29, 0.717) is 22.4 Å². The molecule has 0 saturated heterocycles. The number of hydrogen-bond donors (Lipinski definition) is 0. The molecular formula is C21H18N2O3S. The van der Waals surface area contributed by atoms with Crippen LogP contribution in [0.4, 0.5) is 0 Å². The summed E-state index contributed by atoms with van der Waals surface area (Å²) in [7, 11) is -3.93. The van der Waals surface area contributed by atoms with Crippen LogP contribution in [-0.2, 0) is 14.8 Å². The Labute approximate surface area is 158 Å². The predicted octanol–water partition coefficient (Wildman–Crippen LogP) is 3.74. The Bertz CT molecular complexity index is 1070. The lowest BCUT2D eigenvalue weighted by atomic mass is 9.97. The second-order valence-electron chi connectivity index (χ2n) is 6.09. The van der Waals surface area contributed by atoms with Gasteiger partial charge in [0.25, 0.3) is 10.0 Å². The third-order valence-corrected chi connectivity index (χ3v) is 5.24. The molecule has 0 amide bonds. The summed E-state index contributed by atoms with van der Waals surface area (Å²) in [6, 6.07) is 16.9.